The van der Waals surface area contributed by atoms with E-state index in [-0.39, 0.29) is 6.03 Å². The topological polar surface area (TPSA) is 64.9 Å². The number of thiophene rings is 1. The normalized spacial score (nSPS) is 9.87. The second-order valence-corrected chi connectivity index (χ2v) is 5.77. The summed E-state index contributed by atoms with van der Waals surface area (Å²) in [7, 11) is 0. The molecular formula is C18H13N3OS. The summed E-state index contributed by atoms with van der Waals surface area (Å²) in [5.41, 5.74) is 2.98. The maximum Gasteiger partial charge on any atom is 0.323 e. The van der Waals surface area contributed by atoms with E-state index in [1.165, 1.54) is 0 Å². The van der Waals surface area contributed by atoms with Crippen LogP contribution in [0, 0.1) is 11.3 Å². The molecule has 0 unspecified atom stereocenters. The highest BCUT2D eigenvalue weighted by Crippen LogP contribution is 2.26. The standard InChI is InChI=1S/C18H13N3OS/c19-12-13-6-8-15(9-7-13)20-18(22)21-16-4-1-3-14(11-16)17-5-2-10-23-17/h1-11H,(H2,20,21,22). The molecule has 0 radical (unpaired) electrons. The van der Waals surface area contributed by atoms with Crippen LogP contribution < -0.4 is 10.6 Å². The van der Waals surface area contributed by atoms with E-state index in [2.05, 4.69) is 10.6 Å². The summed E-state index contributed by atoms with van der Waals surface area (Å²) < 4.78 is 0. The molecule has 0 saturated carbocycles. The number of carbonyl (C=O) groups is 1. The molecule has 1 heterocycles. The third-order valence-electron chi connectivity index (χ3n) is 3.20. The van der Waals surface area contributed by atoms with Crippen molar-refractivity contribution in [2.24, 2.45) is 0 Å². The second kappa shape index (κ2) is 6.77. The number of amides is 2. The van der Waals surface area contributed by atoms with Gasteiger partial charge in [-0.05, 0) is 53.4 Å². The lowest BCUT2D eigenvalue weighted by atomic mass is 10.1. The van der Waals surface area contributed by atoms with Crippen molar-refractivity contribution < 1.29 is 4.79 Å². The van der Waals surface area contributed by atoms with Crippen molar-refractivity contribution in [1.29, 1.82) is 5.26 Å². The summed E-state index contributed by atoms with van der Waals surface area (Å²) in [4.78, 5) is 13.2. The minimum atomic E-state index is -0.321. The van der Waals surface area contributed by atoms with Gasteiger partial charge in [0.2, 0.25) is 0 Å². The highest BCUT2D eigenvalue weighted by atomic mass is 32.1. The average Bonchev–Trinajstić information content (AvgIpc) is 3.10. The molecule has 0 atom stereocenters. The number of hydrogen-bond acceptors (Lipinski definition) is 3. The molecule has 2 N–H and O–H groups in total. The maximum atomic E-state index is 12.0. The Bertz CT molecular complexity index is 849. The molecule has 112 valence electrons. The van der Waals surface area contributed by atoms with E-state index in [9.17, 15) is 4.79 Å². The molecule has 5 heteroatoms. The first kappa shape index (κ1) is 14.8. The molecule has 3 aromatic rings. The van der Waals surface area contributed by atoms with Crippen molar-refractivity contribution in [2.45, 2.75) is 0 Å². The van der Waals surface area contributed by atoms with Gasteiger partial charge in [-0.3, -0.25) is 0 Å². The first-order valence-corrected chi connectivity index (χ1v) is 7.85. The van der Waals surface area contributed by atoms with Crippen LogP contribution in [0.1, 0.15) is 5.56 Å². The summed E-state index contributed by atoms with van der Waals surface area (Å²) in [5.74, 6) is 0. The molecular weight excluding hydrogens is 306 g/mol. The quantitative estimate of drug-likeness (QED) is 0.719. The number of hydrogen-bond donors (Lipinski definition) is 2. The van der Waals surface area contributed by atoms with Gasteiger partial charge in [-0.15, -0.1) is 11.3 Å². The zero-order chi connectivity index (χ0) is 16.1. The Morgan fingerprint density at radius 2 is 1.74 bits per heavy atom. The molecule has 0 bridgehead atoms. The Labute approximate surface area is 138 Å². The number of nitrogens with zero attached hydrogens (tertiary/aromatic N) is 1. The fourth-order valence-corrected chi connectivity index (χ4v) is 2.84. The molecule has 1 aromatic heterocycles. The van der Waals surface area contributed by atoms with E-state index >= 15 is 0 Å². The Kier molecular flexibility index (Phi) is 4.37. The van der Waals surface area contributed by atoms with Gasteiger partial charge in [0.05, 0.1) is 11.6 Å². The Hall–Kier alpha value is -3.10. The smallest absolute Gasteiger partial charge is 0.308 e. The third-order valence-corrected chi connectivity index (χ3v) is 4.12. The molecule has 2 amide bonds. The monoisotopic (exact) mass is 319 g/mol. The van der Waals surface area contributed by atoms with E-state index in [1.807, 2.05) is 47.8 Å². The van der Waals surface area contributed by atoms with Crippen molar-refractivity contribution >= 4 is 28.7 Å². The Morgan fingerprint density at radius 1 is 0.957 bits per heavy atom. The van der Waals surface area contributed by atoms with Crippen LogP contribution in [0.5, 0.6) is 0 Å². The van der Waals surface area contributed by atoms with Gasteiger partial charge < -0.3 is 10.6 Å². The SMILES string of the molecule is N#Cc1ccc(NC(=O)Nc2cccc(-c3cccs3)c2)cc1. The zero-order valence-electron chi connectivity index (χ0n) is 12.1. The highest BCUT2D eigenvalue weighted by Gasteiger charge is 2.05. The minimum absolute atomic E-state index is 0.321. The highest BCUT2D eigenvalue weighted by molar-refractivity contribution is 7.13. The molecule has 0 spiro atoms. The molecule has 0 aliphatic heterocycles. The number of nitrogens with one attached hydrogen (secondary N) is 2. The number of benzene rings is 2. The van der Waals surface area contributed by atoms with Gasteiger partial charge in [-0.1, -0.05) is 18.2 Å². The lowest BCUT2D eigenvalue weighted by Gasteiger charge is -2.08. The number of nitriles is 1. The predicted octanol–water partition coefficient (Wildman–Crippen LogP) is 4.93. The van der Waals surface area contributed by atoms with Gasteiger partial charge in [0, 0.05) is 16.3 Å². The molecule has 0 saturated heterocycles. The predicted molar refractivity (Wildman–Crippen MR) is 93.6 cm³/mol. The van der Waals surface area contributed by atoms with Crippen molar-refractivity contribution in [1.82, 2.24) is 0 Å². The van der Waals surface area contributed by atoms with Crippen molar-refractivity contribution in [3.05, 3.63) is 71.6 Å². The van der Waals surface area contributed by atoms with Crippen molar-refractivity contribution in [2.75, 3.05) is 10.6 Å². The van der Waals surface area contributed by atoms with Gasteiger partial charge in [0.15, 0.2) is 0 Å². The van der Waals surface area contributed by atoms with Gasteiger partial charge >= 0.3 is 6.03 Å². The zero-order valence-corrected chi connectivity index (χ0v) is 12.9. The third kappa shape index (κ3) is 3.76. The molecule has 0 aliphatic rings. The van der Waals surface area contributed by atoms with Crippen LogP contribution in [0.25, 0.3) is 10.4 Å². The summed E-state index contributed by atoms with van der Waals surface area (Å²) in [5, 5.41) is 16.3. The van der Waals surface area contributed by atoms with Crippen molar-refractivity contribution in [3.8, 4) is 16.5 Å². The summed E-state index contributed by atoms with van der Waals surface area (Å²) >= 11 is 1.66. The fourth-order valence-electron chi connectivity index (χ4n) is 2.11. The molecule has 0 aliphatic carbocycles. The number of carbonyl (C=O) groups excluding carboxylic acids is 1. The molecule has 23 heavy (non-hydrogen) atoms. The Morgan fingerprint density at radius 3 is 2.43 bits per heavy atom. The van der Waals surface area contributed by atoms with E-state index in [4.69, 9.17) is 5.26 Å². The van der Waals surface area contributed by atoms with E-state index < -0.39 is 0 Å². The van der Waals surface area contributed by atoms with Gasteiger partial charge in [-0.2, -0.15) is 5.26 Å². The first-order chi connectivity index (χ1) is 11.2. The maximum absolute atomic E-state index is 12.0. The van der Waals surface area contributed by atoms with Gasteiger partial charge in [-0.25, -0.2) is 4.79 Å². The molecule has 3 rings (SSSR count). The van der Waals surface area contributed by atoms with Crippen LogP contribution in [-0.2, 0) is 0 Å². The van der Waals surface area contributed by atoms with Crippen LogP contribution in [-0.4, -0.2) is 6.03 Å². The lowest BCUT2D eigenvalue weighted by molar-refractivity contribution is 0.262. The number of rotatable bonds is 3. The van der Waals surface area contributed by atoms with Gasteiger partial charge in [0.1, 0.15) is 0 Å². The minimum Gasteiger partial charge on any atom is -0.308 e. The van der Waals surface area contributed by atoms with Crippen LogP contribution in [0.4, 0.5) is 16.2 Å². The Balaban J connectivity index is 1.68. The lowest BCUT2D eigenvalue weighted by Crippen LogP contribution is -2.19. The largest absolute Gasteiger partial charge is 0.323 e. The van der Waals surface area contributed by atoms with Crippen LogP contribution in [0.3, 0.4) is 0 Å². The molecule has 0 fully saturated rings. The summed E-state index contributed by atoms with van der Waals surface area (Å²) in [6.45, 7) is 0. The van der Waals surface area contributed by atoms with E-state index in [0.717, 1.165) is 16.1 Å². The average molecular weight is 319 g/mol. The molecule has 4 nitrogen and oxygen atoms in total. The molecule has 2 aromatic carbocycles. The summed E-state index contributed by atoms with van der Waals surface area (Å²) in [6.07, 6.45) is 0. The first-order valence-electron chi connectivity index (χ1n) is 6.97. The van der Waals surface area contributed by atoms with E-state index in [1.54, 1.807) is 35.6 Å². The second-order valence-electron chi connectivity index (χ2n) is 4.83. The number of anilines is 2. The fraction of sp³-hybridized carbons (Fsp3) is 0. The van der Waals surface area contributed by atoms with Crippen LogP contribution >= 0.6 is 11.3 Å². The van der Waals surface area contributed by atoms with Crippen LogP contribution in [0.15, 0.2) is 66.0 Å². The van der Waals surface area contributed by atoms with Crippen LogP contribution in [0.2, 0.25) is 0 Å². The number of urea groups is 1. The van der Waals surface area contributed by atoms with E-state index in [0.29, 0.717) is 11.3 Å². The van der Waals surface area contributed by atoms with Crippen molar-refractivity contribution in [3.63, 3.8) is 0 Å². The van der Waals surface area contributed by atoms with Gasteiger partial charge in [0.25, 0.3) is 0 Å². The summed E-state index contributed by atoms with van der Waals surface area (Å²) in [6, 6.07) is 20.2.